The first kappa shape index (κ1) is 12.4. The van der Waals surface area contributed by atoms with Gasteiger partial charge in [-0.2, -0.15) is 0 Å². The maximum atomic E-state index is 11.7. The Morgan fingerprint density at radius 1 is 1.39 bits per heavy atom. The van der Waals surface area contributed by atoms with E-state index in [-0.39, 0.29) is 23.1 Å². The van der Waals surface area contributed by atoms with Crippen molar-refractivity contribution in [3.63, 3.8) is 0 Å². The Morgan fingerprint density at radius 2 is 2.17 bits per heavy atom. The molecular weight excluding hydrogens is 238 g/mol. The summed E-state index contributed by atoms with van der Waals surface area (Å²) in [4.78, 5) is 22.5. The molecule has 1 saturated heterocycles. The third-order valence-corrected chi connectivity index (χ3v) is 2.76. The minimum Gasteiger partial charge on any atom is -0.507 e. The molecule has 1 aromatic carbocycles. The number of benzene rings is 1. The van der Waals surface area contributed by atoms with Gasteiger partial charge < -0.3 is 20.3 Å². The molecule has 0 bridgehead atoms. The highest BCUT2D eigenvalue weighted by atomic mass is 16.5. The zero-order valence-electron chi connectivity index (χ0n) is 9.55. The van der Waals surface area contributed by atoms with Gasteiger partial charge in [0.05, 0.1) is 0 Å². The summed E-state index contributed by atoms with van der Waals surface area (Å²) in [5, 5.41) is 21.1. The number of hydrogen-bond donors (Lipinski definition) is 3. The number of carbonyl (C=O) groups excluding carboxylic acids is 1. The molecule has 6 nitrogen and oxygen atoms in total. The topological polar surface area (TPSA) is 95.9 Å². The van der Waals surface area contributed by atoms with Gasteiger partial charge >= 0.3 is 11.9 Å². The van der Waals surface area contributed by atoms with Crippen molar-refractivity contribution >= 4 is 11.9 Å². The number of hydrogen-bond acceptors (Lipinski definition) is 5. The highest BCUT2D eigenvalue weighted by molar-refractivity contribution is 5.91. The average Bonchev–Trinajstić information content (AvgIpc) is 2.85. The predicted octanol–water partition coefficient (Wildman–Crippen LogP) is 0.748. The molecule has 96 valence electrons. The quantitative estimate of drug-likeness (QED) is 0.542. The standard InChI is InChI=1S/C12H13NO5/c14-10-4-3-7(6-8(10)11(15)16)18-12(17)9-2-1-5-13-9/h3-4,6,9,13-14H,1-2,5H2,(H,15,16)/t9-/m0/s1. The summed E-state index contributed by atoms with van der Waals surface area (Å²) in [5.41, 5.74) is -0.292. The fraction of sp³-hybridized carbons (Fsp3) is 0.333. The van der Waals surface area contributed by atoms with Crippen LogP contribution in [0.15, 0.2) is 18.2 Å². The van der Waals surface area contributed by atoms with E-state index in [4.69, 9.17) is 9.84 Å². The van der Waals surface area contributed by atoms with E-state index in [9.17, 15) is 14.7 Å². The number of aromatic carboxylic acids is 1. The summed E-state index contributed by atoms with van der Waals surface area (Å²) in [6.45, 7) is 0.774. The van der Waals surface area contributed by atoms with E-state index in [1.54, 1.807) is 0 Å². The predicted molar refractivity (Wildman–Crippen MR) is 61.7 cm³/mol. The molecule has 1 fully saturated rings. The lowest BCUT2D eigenvalue weighted by Gasteiger charge is -2.10. The zero-order valence-corrected chi connectivity index (χ0v) is 9.55. The van der Waals surface area contributed by atoms with Gasteiger partial charge in [0.15, 0.2) is 0 Å². The number of carboxylic acid groups (broad SMARTS) is 1. The normalized spacial score (nSPS) is 18.6. The number of carboxylic acids is 1. The summed E-state index contributed by atoms with van der Waals surface area (Å²) in [5.74, 6) is -1.95. The van der Waals surface area contributed by atoms with Crippen molar-refractivity contribution in [3.05, 3.63) is 23.8 Å². The van der Waals surface area contributed by atoms with Crippen molar-refractivity contribution in [2.45, 2.75) is 18.9 Å². The molecule has 3 N–H and O–H groups in total. The lowest BCUT2D eigenvalue weighted by molar-refractivity contribution is -0.136. The van der Waals surface area contributed by atoms with Crippen LogP contribution in [0.25, 0.3) is 0 Å². The summed E-state index contributed by atoms with van der Waals surface area (Å²) >= 11 is 0. The Balaban J connectivity index is 2.11. The molecular formula is C12H13NO5. The van der Waals surface area contributed by atoms with Crippen LogP contribution in [0, 0.1) is 0 Å². The van der Waals surface area contributed by atoms with Crippen LogP contribution in [0.1, 0.15) is 23.2 Å². The summed E-state index contributed by atoms with van der Waals surface area (Å²) in [6, 6.07) is 3.33. The minimum atomic E-state index is -1.27. The Bertz CT molecular complexity index is 479. The van der Waals surface area contributed by atoms with E-state index < -0.39 is 11.9 Å². The van der Waals surface area contributed by atoms with E-state index in [1.165, 1.54) is 12.1 Å². The van der Waals surface area contributed by atoms with Crippen LogP contribution in [0.3, 0.4) is 0 Å². The van der Waals surface area contributed by atoms with Gasteiger partial charge in [0, 0.05) is 0 Å². The number of rotatable bonds is 3. The largest absolute Gasteiger partial charge is 0.507 e. The molecule has 0 unspecified atom stereocenters. The lowest BCUT2D eigenvalue weighted by Crippen LogP contribution is -2.34. The van der Waals surface area contributed by atoms with Crippen LogP contribution in [0.4, 0.5) is 0 Å². The van der Waals surface area contributed by atoms with Crippen molar-refractivity contribution in [2.75, 3.05) is 6.54 Å². The SMILES string of the molecule is O=C(O)c1cc(OC(=O)[C@@H]2CCCN2)ccc1O. The monoisotopic (exact) mass is 251 g/mol. The minimum absolute atomic E-state index is 0.115. The molecule has 0 radical (unpaired) electrons. The van der Waals surface area contributed by atoms with E-state index in [1.807, 2.05) is 0 Å². The van der Waals surface area contributed by atoms with Gasteiger partial charge in [-0.15, -0.1) is 0 Å². The van der Waals surface area contributed by atoms with E-state index in [0.29, 0.717) is 6.42 Å². The molecule has 0 amide bonds. The number of ether oxygens (including phenoxy) is 1. The highest BCUT2D eigenvalue weighted by Gasteiger charge is 2.24. The van der Waals surface area contributed by atoms with Gasteiger partial charge in [0.2, 0.25) is 0 Å². The fourth-order valence-electron chi connectivity index (χ4n) is 1.82. The van der Waals surface area contributed by atoms with E-state index >= 15 is 0 Å². The van der Waals surface area contributed by atoms with Crippen molar-refractivity contribution < 1.29 is 24.5 Å². The molecule has 0 saturated carbocycles. The third kappa shape index (κ3) is 2.60. The van der Waals surface area contributed by atoms with Crippen LogP contribution in [-0.2, 0) is 4.79 Å². The molecule has 2 rings (SSSR count). The molecule has 1 aliphatic heterocycles. The molecule has 1 aliphatic rings. The second-order valence-corrected chi connectivity index (χ2v) is 4.05. The van der Waals surface area contributed by atoms with Gasteiger partial charge in [-0.3, -0.25) is 0 Å². The van der Waals surface area contributed by atoms with Crippen molar-refractivity contribution in [1.29, 1.82) is 0 Å². The average molecular weight is 251 g/mol. The third-order valence-electron chi connectivity index (χ3n) is 2.76. The molecule has 6 heteroatoms. The van der Waals surface area contributed by atoms with E-state index in [0.717, 1.165) is 19.0 Å². The van der Waals surface area contributed by atoms with Crippen molar-refractivity contribution in [3.8, 4) is 11.5 Å². The first-order valence-electron chi connectivity index (χ1n) is 5.59. The molecule has 0 aliphatic carbocycles. The number of phenols is 1. The van der Waals surface area contributed by atoms with Crippen LogP contribution < -0.4 is 10.1 Å². The van der Waals surface area contributed by atoms with E-state index in [2.05, 4.69) is 5.32 Å². The number of aromatic hydroxyl groups is 1. The number of nitrogens with one attached hydrogen (secondary N) is 1. The van der Waals surface area contributed by atoms with Crippen molar-refractivity contribution in [1.82, 2.24) is 5.32 Å². The first-order valence-corrected chi connectivity index (χ1v) is 5.59. The summed E-state index contributed by atoms with van der Waals surface area (Å²) < 4.78 is 5.07. The van der Waals surface area contributed by atoms with Crippen LogP contribution in [0.5, 0.6) is 11.5 Å². The lowest BCUT2D eigenvalue weighted by atomic mass is 10.2. The van der Waals surface area contributed by atoms with Crippen molar-refractivity contribution in [2.24, 2.45) is 0 Å². The second kappa shape index (κ2) is 5.05. The second-order valence-electron chi connectivity index (χ2n) is 4.05. The molecule has 0 spiro atoms. The summed E-state index contributed by atoms with van der Waals surface area (Å²) in [6.07, 6.45) is 1.62. The maximum Gasteiger partial charge on any atom is 0.339 e. The van der Waals surface area contributed by atoms with Gasteiger partial charge in [-0.05, 0) is 37.6 Å². The first-order chi connectivity index (χ1) is 8.58. The Labute approximate surface area is 103 Å². The Hall–Kier alpha value is -2.08. The number of carbonyl (C=O) groups is 2. The summed E-state index contributed by atoms with van der Waals surface area (Å²) in [7, 11) is 0. The Kier molecular flexibility index (Phi) is 3.47. The van der Waals surface area contributed by atoms with Gasteiger partial charge in [-0.1, -0.05) is 0 Å². The van der Waals surface area contributed by atoms with Gasteiger partial charge in [0.1, 0.15) is 23.1 Å². The molecule has 1 atom stereocenters. The smallest absolute Gasteiger partial charge is 0.339 e. The van der Waals surface area contributed by atoms with Gasteiger partial charge in [0.25, 0.3) is 0 Å². The number of esters is 1. The van der Waals surface area contributed by atoms with Crippen LogP contribution in [0.2, 0.25) is 0 Å². The molecule has 1 heterocycles. The molecule has 18 heavy (non-hydrogen) atoms. The van der Waals surface area contributed by atoms with Crippen LogP contribution >= 0.6 is 0 Å². The fourth-order valence-corrected chi connectivity index (χ4v) is 1.82. The highest BCUT2D eigenvalue weighted by Crippen LogP contribution is 2.23. The maximum absolute atomic E-state index is 11.7. The Morgan fingerprint density at radius 3 is 2.78 bits per heavy atom. The zero-order chi connectivity index (χ0) is 13.1. The molecule has 0 aromatic heterocycles. The van der Waals surface area contributed by atoms with Crippen LogP contribution in [-0.4, -0.2) is 34.7 Å². The molecule has 1 aromatic rings. The van der Waals surface area contributed by atoms with Gasteiger partial charge in [-0.25, -0.2) is 9.59 Å².